The van der Waals surface area contributed by atoms with Gasteiger partial charge in [0.2, 0.25) is 0 Å². The quantitative estimate of drug-likeness (QED) is 0.562. The molecule has 19 heavy (non-hydrogen) atoms. The summed E-state index contributed by atoms with van der Waals surface area (Å²) in [5.41, 5.74) is -5.62. The monoisotopic (exact) mass is 308 g/mol. The topological polar surface area (TPSA) is 71.1 Å². The van der Waals surface area contributed by atoms with Crippen LogP contribution in [-0.2, 0) is 28.5 Å². The van der Waals surface area contributed by atoms with Gasteiger partial charge in [-0.3, -0.25) is 4.18 Å². The number of alkyl halides is 3. The second-order valence-corrected chi connectivity index (χ2v) is 6.09. The normalized spacial score (nSPS) is 40.1. The van der Waals surface area contributed by atoms with Crippen molar-refractivity contribution in [2.24, 2.45) is 0 Å². The van der Waals surface area contributed by atoms with Gasteiger partial charge in [0.05, 0.1) is 6.10 Å². The average Bonchev–Trinajstić information content (AvgIpc) is 2.70. The molecule has 112 valence electrons. The zero-order valence-corrected chi connectivity index (χ0v) is 10.7. The predicted octanol–water partition coefficient (Wildman–Crippen LogP) is 1.12. The van der Waals surface area contributed by atoms with Crippen molar-refractivity contribution >= 4 is 10.1 Å². The van der Waals surface area contributed by atoms with Crippen molar-refractivity contribution in [1.29, 1.82) is 0 Å². The fraction of sp³-hybridized carbons (Fsp3) is 1.00. The van der Waals surface area contributed by atoms with E-state index in [-0.39, 0.29) is 0 Å². The van der Waals surface area contributed by atoms with Crippen LogP contribution in [0, 0.1) is 0 Å². The third-order valence-electron chi connectivity index (χ3n) is 2.55. The fourth-order valence-electron chi connectivity index (χ4n) is 1.81. The highest BCUT2D eigenvalue weighted by atomic mass is 32.2. The van der Waals surface area contributed by atoms with Gasteiger partial charge < -0.3 is 14.2 Å². The Bertz CT molecular complexity index is 508. The lowest BCUT2D eigenvalue weighted by molar-refractivity contribution is -0.211. The van der Waals surface area contributed by atoms with Crippen LogP contribution in [0.2, 0.25) is 0 Å². The van der Waals surface area contributed by atoms with Gasteiger partial charge in [0, 0.05) is 2.74 Å². The summed E-state index contributed by atoms with van der Waals surface area (Å²) >= 11 is 0. The van der Waals surface area contributed by atoms with Gasteiger partial charge in [0.1, 0.15) is 12.2 Å². The number of fused-ring (bicyclic) bond motifs is 1. The molecule has 2 saturated heterocycles. The number of hydrogen-bond donors (Lipinski definition) is 0. The predicted molar refractivity (Wildman–Crippen MR) is 54.2 cm³/mol. The Morgan fingerprint density at radius 1 is 1.32 bits per heavy atom. The Morgan fingerprint density at radius 2 is 1.95 bits per heavy atom. The van der Waals surface area contributed by atoms with E-state index in [4.69, 9.17) is 17.0 Å². The molecule has 2 fully saturated rings. The van der Waals surface area contributed by atoms with E-state index in [9.17, 15) is 21.6 Å². The molecule has 2 aliphatic heterocycles. The van der Waals surface area contributed by atoms with Crippen LogP contribution < -0.4 is 0 Å². The second-order valence-electron chi connectivity index (χ2n) is 4.53. The third-order valence-corrected chi connectivity index (χ3v) is 3.59. The van der Waals surface area contributed by atoms with Crippen molar-refractivity contribution < 1.29 is 42.7 Å². The summed E-state index contributed by atoms with van der Waals surface area (Å²) in [6, 6.07) is 0. The van der Waals surface area contributed by atoms with Crippen molar-refractivity contribution in [3.8, 4) is 0 Å². The second kappa shape index (κ2) is 4.29. The molecular weight excluding hydrogens is 293 g/mol. The summed E-state index contributed by atoms with van der Waals surface area (Å²) in [5, 5.41) is 0. The van der Waals surface area contributed by atoms with E-state index in [1.807, 2.05) is 0 Å². The average molecular weight is 308 g/mol. The van der Waals surface area contributed by atoms with Crippen LogP contribution in [-0.4, -0.2) is 44.3 Å². The molecule has 2 aliphatic rings. The Hall–Kier alpha value is -0.420. The highest BCUT2D eigenvalue weighted by Crippen LogP contribution is 2.40. The lowest BCUT2D eigenvalue weighted by Gasteiger charge is -2.23. The van der Waals surface area contributed by atoms with Gasteiger partial charge in [-0.05, 0) is 20.7 Å². The van der Waals surface area contributed by atoms with E-state index < -0.39 is 52.9 Å². The molecule has 2 rings (SSSR count). The lowest BCUT2D eigenvalue weighted by Crippen LogP contribution is -2.40. The maximum Gasteiger partial charge on any atom is 0.523 e. The Morgan fingerprint density at radius 3 is 2.47 bits per heavy atom. The molecule has 2 heterocycles. The summed E-state index contributed by atoms with van der Waals surface area (Å²) in [4.78, 5) is 0. The number of halogens is 3. The molecule has 0 amide bonds. The molecule has 0 saturated carbocycles. The molecule has 0 aromatic rings. The first-order valence-electron chi connectivity index (χ1n) is 6.35. The maximum atomic E-state index is 12.4. The largest absolute Gasteiger partial charge is 0.523 e. The van der Waals surface area contributed by atoms with E-state index in [0.29, 0.717) is 0 Å². The van der Waals surface area contributed by atoms with Gasteiger partial charge in [0.25, 0.3) is 0 Å². The molecule has 6 nitrogen and oxygen atoms in total. The van der Waals surface area contributed by atoms with Gasteiger partial charge in [-0.25, -0.2) is 0 Å². The van der Waals surface area contributed by atoms with E-state index in [1.165, 1.54) is 13.8 Å². The standard InChI is InChI=1S/C9H13F3O6S/c1-4-5(18-19(13,14)9(10,11)12)6-7(15-4)17-8(2,3)16-6/h4-7H,1-3H3/t4-,5?,6+,7-/m1/s1/i1D2. The molecule has 10 heteroatoms. The maximum absolute atomic E-state index is 12.4. The zero-order chi connectivity index (χ0) is 16.2. The molecule has 0 aromatic carbocycles. The minimum absolute atomic E-state index is 1.20. The van der Waals surface area contributed by atoms with Crippen LogP contribution in [0.3, 0.4) is 0 Å². The summed E-state index contributed by atoms with van der Waals surface area (Å²) in [7, 11) is -5.91. The summed E-state index contributed by atoms with van der Waals surface area (Å²) in [6.07, 6.45) is -5.81. The van der Waals surface area contributed by atoms with Gasteiger partial charge >= 0.3 is 15.6 Å². The van der Waals surface area contributed by atoms with Crippen LogP contribution in [0.1, 0.15) is 23.5 Å². The van der Waals surface area contributed by atoms with Gasteiger partial charge in [-0.2, -0.15) is 21.6 Å². The van der Waals surface area contributed by atoms with Crippen molar-refractivity contribution in [3.05, 3.63) is 0 Å². The fourth-order valence-corrected chi connectivity index (χ4v) is 2.44. The minimum Gasteiger partial charge on any atom is -0.344 e. The molecular formula is C9H13F3O6S. The van der Waals surface area contributed by atoms with Crippen LogP contribution in [0.5, 0.6) is 0 Å². The third kappa shape index (κ3) is 2.72. The van der Waals surface area contributed by atoms with Gasteiger partial charge in [-0.15, -0.1) is 0 Å². The molecule has 0 aliphatic carbocycles. The summed E-state index contributed by atoms with van der Waals surface area (Å²) in [6.45, 7) is 1.13. The highest BCUT2D eigenvalue weighted by molar-refractivity contribution is 7.87. The number of ether oxygens (including phenoxy) is 3. The first-order chi connectivity index (χ1) is 9.34. The molecule has 0 N–H and O–H groups in total. The molecule has 0 spiro atoms. The molecule has 0 radical (unpaired) electrons. The lowest BCUT2D eigenvalue weighted by atomic mass is 10.2. The Labute approximate surface area is 110 Å². The van der Waals surface area contributed by atoms with Crippen LogP contribution in [0.4, 0.5) is 13.2 Å². The molecule has 1 unspecified atom stereocenters. The first-order valence-corrected chi connectivity index (χ1v) is 6.60. The smallest absolute Gasteiger partial charge is 0.344 e. The Kier molecular flexibility index (Phi) is 2.78. The van der Waals surface area contributed by atoms with Gasteiger partial charge in [-0.1, -0.05) is 0 Å². The van der Waals surface area contributed by atoms with E-state index >= 15 is 0 Å². The highest BCUT2D eigenvalue weighted by Gasteiger charge is 2.58. The molecule has 0 aromatic heterocycles. The van der Waals surface area contributed by atoms with E-state index in [2.05, 4.69) is 4.18 Å². The van der Waals surface area contributed by atoms with Gasteiger partial charge in [0.15, 0.2) is 12.1 Å². The molecule has 4 atom stereocenters. The van der Waals surface area contributed by atoms with Crippen molar-refractivity contribution in [3.63, 3.8) is 0 Å². The summed E-state index contributed by atoms with van der Waals surface area (Å²) < 4.78 is 93.5. The van der Waals surface area contributed by atoms with Crippen LogP contribution in [0.25, 0.3) is 0 Å². The van der Waals surface area contributed by atoms with Crippen molar-refractivity contribution in [2.75, 3.05) is 0 Å². The SMILES string of the molecule is [2H]C([2H])[C@H]1O[C@@H]2OC(C)(C)O[C@H]2C1OS(=O)(=O)C(F)(F)F. The van der Waals surface area contributed by atoms with E-state index in [1.54, 1.807) is 0 Å². The van der Waals surface area contributed by atoms with Crippen LogP contribution >= 0.6 is 0 Å². The van der Waals surface area contributed by atoms with E-state index in [0.717, 1.165) is 0 Å². The first kappa shape index (κ1) is 12.3. The Balaban J connectivity index is 2.25. The summed E-state index contributed by atoms with van der Waals surface area (Å²) in [5.74, 6) is -1.20. The molecule has 0 bridgehead atoms. The number of rotatable bonds is 2. The number of hydrogen-bond acceptors (Lipinski definition) is 6. The van der Waals surface area contributed by atoms with Crippen molar-refractivity contribution in [2.45, 2.75) is 56.6 Å². The minimum atomic E-state index is -5.91. The van der Waals surface area contributed by atoms with Crippen LogP contribution in [0.15, 0.2) is 0 Å². The zero-order valence-electron chi connectivity index (χ0n) is 11.9. The van der Waals surface area contributed by atoms with Crippen molar-refractivity contribution in [1.82, 2.24) is 0 Å².